The van der Waals surface area contributed by atoms with E-state index in [4.69, 9.17) is 9.47 Å². The highest BCUT2D eigenvalue weighted by Crippen LogP contribution is 2.49. The van der Waals surface area contributed by atoms with Crippen LogP contribution in [0, 0.1) is 0 Å². The van der Waals surface area contributed by atoms with Gasteiger partial charge in [-0.15, -0.1) is 0 Å². The number of anilines is 1. The molecule has 9 heteroatoms. The van der Waals surface area contributed by atoms with E-state index >= 15 is 0 Å². The largest absolute Gasteiger partial charge is 0.507 e. The Labute approximate surface area is 189 Å². The molecular weight excluding hydrogens is 435 g/mol. The maximum atomic E-state index is 13.9. The number of phenolic OH excluding ortho intramolecular Hbond substituents is 1. The Morgan fingerprint density at radius 1 is 1.21 bits per heavy atom. The minimum absolute atomic E-state index is 0.228. The number of aromatic nitrogens is 1. The molecule has 174 valence electrons. The van der Waals surface area contributed by atoms with Crippen molar-refractivity contribution in [2.45, 2.75) is 19.5 Å². The molecule has 1 aliphatic rings. The quantitative estimate of drug-likeness (QED) is 0.554. The number of alkyl halides is 3. The van der Waals surface area contributed by atoms with E-state index in [2.05, 4.69) is 10.3 Å². The summed E-state index contributed by atoms with van der Waals surface area (Å²) in [6, 6.07) is 4.97. The number of aromatic hydroxyl groups is 1. The van der Waals surface area contributed by atoms with Crippen molar-refractivity contribution in [3.05, 3.63) is 54.0 Å². The third kappa shape index (κ3) is 3.88. The van der Waals surface area contributed by atoms with Gasteiger partial charge in [-0.1, -0.05) is 13.0 Å². The van der Waals surface area contributed by atoms with Crippen LogP contribution in [0.1, 0.15) is 18.1 Å². The van der Waals surface area contributed by atoms with Gasteiger partial charge in [0.2, 0.25) is 0 Å². The Balaban J connectivity index is 2.12. The molecule has 4 rings (SSSR count). The molecule has 2 aromatic carbocycles. The summed E-state index contributed by atoms with van der Waals surface area (Å²) in [6.07, 6.45) is 0.941. The van der Waals surface area contributed by atoms with Crippen LogP contribution < -0.4 is 19.7 Å². The molecule has 33 heavy (non-hydrogen) atoms. The van der Waals surface area contributed by atoms with E-state index in [1.807, 2.05) is 24.2 Å². The number of ether oxygens (including phenoxy) is 2. The number of rotatable bonds is 5. The molecular formula is C24H24F3N3O3. The summed E-state index contributed by atoms with van der Waals surface area (Å²) in [5.41, 5.74) is 0.699. The van der Waals surface area contributed by atoms with Gasteiger partial charge in [-0.2, -0.15) is 13.2 Å². The Hall–Kier alpha value is -3.62. The molecule has 1 aromatic heterocycles. The molecule has 2 heterocycles. The SMILES string of the molecule is CCc1c(-c2c(O)cccc2C(F)(F)F)cc2ncc(OC)c(N3C=CNCC3)c2c1OC. The number of halogens is 3. The number of methoxy groups -OCH3 is 2. The fraction of sp³-hybridized carbons (Fsp3) is 0.292. The fourth-order valence-electron chi connectivity index (χ4n) is 4.29. The van der Waals surface area contributed by atoms with Crippen LogP contribution in [0.5, 0.6) is 17.2 Å². The molecule has 3 aromatic rings. The highest BCUT2D eigenvalue weighted by Gasteiger charge is 2.36. The van der Waals surface area contributed by atoms with Crippen LogP contribution in [0.2, 0.25) is 0 Å². The average Bonchev–Trinajstić information content (AvgIpc) is 2.81. The molecule has 0 radical (unpaired) electrons. The van der Waals surface area contributed by atoms with Crippen LogP contribution in [-0.4, -0.2) is 37.4 Å². The first-order valence-electron chi connectivity index (χ1n) is 10.4. The van der Waals surface area contributed by atoms with Crippen molar-refractivity contribution < 1.29 is 27.8 Å². The third-order valence-electron chi connectivity index (χ3n) is 5.71. The zero-order valence-corrected chi connectivity index (χ0v) is 18.5. The number of hydrogen-bond donors (Lipinski definition) is 2. The summed E-state index contributed by atoms with van der Waals surface area (Å²) in [6.45, 7) is 3.19. The standard InChI is InChI=1S/C24H24F3N3O3/c1-4-14-15(20-16(24(25,26)27)6-5-7-18(20)31)12-17-21(23(14)33-3)22(19(32-2)13-29-17)30-10-8-28-9-11-30/h5-8,10,12-13,28,31H,4,9,11H2,1-3H3. The van der Waals surface area contributed by atoms with Gasteiger partial charge in [0.1, 0.15) is 11.5 Å². The molecule has 0 amide bonds. The van der Waals surface area contributed by atoms with E-state index in [1.54, 1.807) is 6.07 Å². The summed E-state index contributed by atoms with van der Waals surface area (Å²) in [5.74, 6) is 0.454. The molecule has 0 bridgehead atoms. The predicted octanol–water partition coefficient (Wildman–Crippen LogP) is 5.09. The smallest absolute Gasteiger partial charge is 0.417 e. The van der Waals surface area contributed by atoms with Crippen molar-refractivity contribution in [2.75, 3.05) is 32.2 Å². The number of phenols is 1. The lowest BCUT2D eigenvalue weighted by molar-refractivity contribution is -0.137. The molecule has 1 aliphatic heterocycles. The molecule has 0 unspecified atom stereocenters. The first-order valence-corrected chi connectivity index (χ1v) is 10.4. The lowest BCUT2D eigenvalue weighted by Crippen LogP contribution is -2.31. The van der Waals surface area contributed by atoms with Crippen molar-refractivity contribution in [3.63, 3.8) is 0 Å². The Kier molecular flexibility index (Phi) is 5.97. The van der Waals surface area contributed by atoms with Crippen LogP contribution in [0.3, 0.4) is 0 Å². The topological polar surface area (TPSA) is 66.9 Å². The summed E-state index contributed by atoms with van der Waals surface area (Å²) in [4.78, 5) is 6.45. The minimum Gasteiger partial charge on any atom is -0.507 e. The van der Waals surface area contributed by atoms with Gasteiger partial charge < -0.3 is 24.8 Å². The molecule has 0 saturated carbocycles. The summed E-state index contributed by atoms with van der Waals surface area (Å²) in [5, 5.41) is 14.3. The van der Waals surface area contributed by atoms with Crippen molar-refractivity contribution in [2.24, 2.45) is 0 Å². The van der Waals surface area contributed by atoms with Gasteiger partial charge in [0.05, 0.1) is 42.6 Å². The number of nitrogens with zero attached hydrogens (tertiary/aromatic N) is 2. The first-order chi connectivity index (χ1) is 15.8. The first kappa shape index (κ1) is 22.6. The van der Waals surface area contributed by atoms with Gasteiger partial charge in [-0.3, -0.25) is 4.98 Å². The molecule has 0 fully saturated rings. The lowest BCUT2D eigenvalue weighted by atomic mass is 9.90. The second-order valence-corrected chi connectivity index (χ2v) is 7.52. The zero-order valence-electron chi connectivity index (χ0n) is 18.5. The highest BCUT2D eigenvalue weighted by atomic mass is 19.4. The van der Waals surface area contributed by atoms with Gasteiger partial charge in [-0.25, -0.2) is 0 Å². The van der Waals surface area contributed by atoms with Gasteiger partial charge in [0.15, 0.2) is 5.75 Å². The number of fused-ring (bicyclic) bond motifs is 1. The minimum atomic E-state index is -4.65. The van der Waals surface area contributed by atoms with Crippen LogP contribution in [0.25, 0.3) is 22.0 Å². The van der Waals surface area contributed by atoms with Crippen molar-refractivity contribution in [1.82, 2.24) is 10.3 Å². The third-order valence-corrected chi connectivity index (χ3v) is 5.71. The summed E-state index contributed by atoms with van der Waals surface area (Å²) >= 11 is 0. The summed E-state index contributed by atoms with van der Waals surface area (Å²) < 4.78 is 52.9. The summed E-state index contributed by atoms with van der Waals surface area (Å²) in [7, 11) is 3.02. The molecule has 0 aliphatic carbocycles. The number of hydrogen-bond acceptors (Lipinski definition) is 6. The fourth-order valence-corrected chi connectivity index (χ4v) is 4.29. The number of pyridine rings is 1. The van der Waals surface area contributed by atoms with Crippen LogP contribution in [0.15, 0.2) is 42.9 Å². The van der Waals surface area contributed by atoms with E-state index in [-0.39, 0.29) is 11.1 Å². The van der Waals surface area contributed by atoms with E-state index in [9.17, 15) is 18.3 Å². The van der Waals surface area contributed by atoms with Gasteiger partial charge >= 0.3 is 6.18 Å². The zero-order chi connectivity index (χ0) is 23.8. The second kappa shape index (κ2) is 8.73. The van der Waals surface area contributed by atoms with Crippen LogP contribution >= 0.6 is 0 Å². The van der Waals surface area contributed by atoms with Gasteiger partial charge in [-0.05, 0) is 30.2 Å². The molecule has 0 spiro atoms. The van der Waals surface area contributed by atoms with Gasteiger partial charge in [0, 0.05) is 36.6 Å². The maximum Gasteiger partial charge on any atom is 0.417 e. The second-order valence-electron chi connectivity index (χ2n) is 7.52. The van der Waals surface area contributed by atoms with Crippen LogP contribution in [-0.2, 0) is 12.6 Å². The number of nitrogens with one attached hydrogen (secondary N) is 1. The maximum absolute atomic E-state index is 13.9. The molecule has 0 atom stereocenters. The molecule has 0 saturated heterocycles. The van der Waals surface area contributed by atoms with Crippen molar-refractivity contribution in [3.8, 4) is 28.4 Å². The number of benzene rings is 2. The van der Waals surface area contributed by atoms with E-state index in [0.29, 0.717) is 53.2 Å². The van der Waals surface area contributed by atoms with Gasteiger partial charge in [0.25, 0.3) is 0 Å². The Morgan fingerprint density at radius 2 is 2.00 bits per heavy atom. The highest BCUT2D eigenvalue weighted by molar-refractivity contribution is 6.04. The van der Waals surface area contributed by atoms with E-state index < -0.39 is 17.5 Å². The lowest BCUT2D eigenvalue weighted by Gasteiger charge is -2.28. The average molecular weight is 459 g/mol. The molecule has 2 N–H and O–H groups in total. The monoisotopic (exact) mass is 459 g/mol. The van der Waals surface area contributed by atoms with E-state index in [0.717, 1.165) is 6.07 Å². The van der Waals surface area contributed by atoms with E-state index in [1.165, 1.54) is 32.5 Å². The van der Waals surface area contributed by atoms with Crippen LogP contribution in [0.4, 0.5) is 18.9 Å². The normalized spacial score (nSPS) is 13.8. The Bertz CT molecular complexity index is 1230. The Morgan fingerprint density at radius 3 is 2.61 bits per heavy atom. The van der Waals surface area contributed by atoms with Crippen molar-refractivity contribution in [1.29, 1.82) is 0 Å². The van der Waals surface area contributed by atoms with Crippen molar-refractivity contribution >= 4 is 16.6 Å². The molecule has 6 nitrogen and oxygen atoms in total. The predicted molar refractivity (Wildman–Crippen MR) is 121 cm³/mol.